The van der Waals surface area contributed by atoms with Crippen LogP contribution >= 0.6 is 11.8 Å². The fraction of sp³-hybridized carbons (Fsp3) is 0.458. The molecule has 3 aromatic rings. The Morgan fingerprint density at radius 3 is 2.59 bits per heavy atom. The molecular formula is C24H28F3N3O2S2. The molecule has 1 aliphatic carbocycles. The van der Waals surface area contributed by atoms with Crippen molar-refractivity contribution in [1.82, 2.24) is 13.9 Å². The largest absolute Gasteiger partial charge is 0.316 e. The van der Waals surface area contributed by atoms with Crippen LogP contribution < -0.4 is 0 Å². The quantitative estimate of drug-likeness (QED) is 0.251. The summed E-state index contributed by atoms with van der Waals surface area (Å²) in [5.41, 5.74) is 1.26. The molecule has 4 rings (SSSR count). The number of sulfonamides is 1. The highest BCUT2D eigenvalue weighted by Gasteiger charge is 2.26. The Morgan fingerprint density at radius 2 is 1.88 bits per heavy atom. The van der Waals surface area contributed by atoms with Gasteiger partial charge in [0.1, 0.15) is 5.82 Å². The van der Waals surface area contributed by atoms with E-state index in [0.717, 1.165) is 50.1 Å². The van der Waals surface area contributed by atoms with E-state index in [4.69, 9.17) is 0 Å². The molecule has 34 heavy (non-hydrogen) atoms. The number of aromatic nitrogens is 2. The first-order valence-corrected chi connectivity index (χ1v) is 13.9. The number of benzene rings is 2. The number of nitrogens with zero attached hydrogens (tertiary/aromatic N) is 3. The van der Waals surface area contributed by atoms with E-state index in [1.165, 1.54) is 16.1 Å². The Balaban J connectivity index is 1.70. The van der Waals surface area contributed by atoms with Crippen molar-refractivity contribution in [3.8, 4) is 0 Å². The van der Waals surface area contributed by atoms with Crippen molar-refractivity contribution >= 4 is 32.8 Å². The fourth-order valence-corrected chi connectivity index (χ4v) is 6.65. The van der Waals surface area contributed by atoms with Gasteiger partial charge >= 0.3 is 0 Å². The summed E-state index contributed by atoms with van der Waals surface area (Å²) in [6.45, 7) is 2.44. The van der Waals surface area contributed by atoms with Crippen molar-refractivity contribution in [2.24, 2.45) is 0 Å². The van der Waals surface area contributed by atoms with Gasteiger partial charge in [-0.1, -0.05) is 37.9 Å². The highest BCUT2D eigenvalue weighted by molar-refractivity contribution is 7.98. The monoisotopic (exact) mass is 511 g/mol. The van der Waals surface area contributed by atoms with Crippen molar-refractivity contribution < 1.29 is 21.6 Å². The maximum absolute atomic E-state index is 14.2. The van der Waals surface area contributed by atoms with E-state index in [2.05, 4.69) is 9.55 Å². The Kier molecular flexibility index (Phi) is 7.59. The minimum atomic E-state index is -3.65. The number of rotatable bonds is 9. The second-order valence-electron chi connectivity index (χ2n) is 8.68. The topological polar surface area (TPSA) is 55.2 Å². The summed E-state index contributed by atoms with van der Waals surface area (Å²) in [4.78, 5) is 4.85. The zero-order valence-electron chi connectivity index (χ0n) is 19.2. The van der Waals surface area contributed by atoms with Crippen LogP contribution in [0.3, 0.4) is 0 Å². The lowest BCUT2D eigenvalue weighted by atomic mass is 10.2. The molecule has 0 aliphatic heterocycles. The molecule has 0 amide bonds. The average molecular weight is 512 g/mol. The number of imidazole rings is 1. The first kappa shape index (κ1) is 25.1. The van der Waals surface area contributed by atoms with Gasteiger partial charge in [-0.15, -0.1) is 0 Å². The molecule has 1 fully saturated rings. The molecule has 0 spiro atoms. The zero-order valence-corrected chi connectivity index (χ0v) is 20.9. The van der Waals surface area contributed by atoms with Gasteiger partial charge in [0.2, 0.25) is 10.0 Å². The molecule has 0 bridgehead atoms. The number of hydrogen-bond acceptors (Lipinski definition) is 4. The van der Waals surface area contributed by atoms with Crippen LogP contribution in [0.2, 0.25) is 0 Å². The standard InChI is InChI=1S/C24H28F3N3O2S2/c1-3-4-11-29(2)34(31,32)19-9-10-22-21(14-19)28-24(30(22)18-7-5-6-8-18)33-15-16-12-17(25)13-20(26)23(16)27/h9-10,12-14,18H,3-8,11,15H2,1-2H3. The summed E-state index contributed by atoms with van der Waals surface area (Å²) >= 11 is 1.19. The first-order chi connectivity index (χ1) is 16.2. The lowest BCUT2D eigenvalue weighted by molar-refractivity contribution is 0.459. The molecule has 1 saturated carbocycles. The molecule has 10 heteroatoms. The van der Waals surface area contributed by atoms with Crippen molar-refractivity contribution in [3.05, 3.63) is 53.3 Å². The van der Waals surface area contributed by atoms with Gasteiger partial charge in [-0.3, -0.25) is 0 Å². The van der Waals surface area contributed by atoms with Crippen LogP contribution in [0.25, 0.3) is 11.0 Å². The molecule has 0 radical (unpaired) electrons. The molecule has 184 valence electrons. The van der Waals surface area contributed by atoms with Crippen molar-refractivity contribution in [2.45, 2.75) is 67.3 Å². The van der Waals surface area contributed by atoms with E-state index < -0.39 is 27.5 Å². The van der Waals surface area contributed by atoms with Crippen LogP contribution in [0.4, 0.5) is 13.2 Å². The lowest BCUT2D eigenvalue weighted by Gasteiger charge is -2.18. The van der Waals surface area contributed by atoms with Crippen LogP contribution in [-0.2, 0) is 15.8 Å². The predicted octanol–water partition coefficient (Wildman–Crippen LogP) is 6.28. The highest BCUT2D eigenvalue weighted by atomic mass is 32.2. The van der Waals surface area contributed by atoms with E-state index in [1.54, 1.807) is 25.2 Å². The molecule has 1 heterocycles. The van der Waals surface area contributed by atoms with Gasteiger partial charge in [0.05, 0.1) is 15.9 Å². The van der Waals surface area contributed by atoms with Crippen molar-refractivity contribution in [3.63, 3.8) is 0 Å². The number of fused-ring (bicyclic) bond motifs is 1. The Hall–Kier alpha value is -2.04. The predicted molar refractivity (Wildman–Crippen MR) is 128 cm³/mol. The Morgan fingerprint density at radius 1 is 1.15 bits per heavy atom. The van der Waals surface area contributed by atoms with E-state index in [-0.39, 0.29) is 22.3 Å². The smallest absolute Gasteiger partial charge is 0.242 e. The van der Waals surface area contributed by atoms with Gasteiger partial charge in [0, 0.05) is 37.0 Å². The average Bonchev–Trinajstić information content (AvgIpc) is 3.45. The summed E-state index contributed by atoms with van der Waals surface area (Å²) in [7, 11) is -2.08. The molecule has 0 saturated heterocycles. The zero-order chi connectivity index (χ0) is 24.5. The van der Waals surface area contributed by atoms with Crippen molar-refractivity contribution in [2.75, 3.05) is 13.6 Å². The Labute approximate surface area is 202 Å². The second kappa shape index (κ2) is 10.3. The number of halogens is 3. The van der Waals surface area contributed by atoms with E-state index in [9.17, 15) is 21.6 Å². The van der Waals surface area contributed by atoms with Gasteiger partial charge in [-0.25, -0.2) is 30.9 Å². The van der Waals surface area contributed by atoms with Crippen LogP contribution in [0.1, 0.15) is 57.1 Å². The maximum Gasteiger partial charge on any atom is 0.242 e. The molecular weight excluding hydrogens is 483 g/mol. The molecule has 0 unspecified atom stereocenters. The third kappa shape index (κ3) is 4.99. The molecule has 1 aliphatic rings. The lowest BCUT2D eigenvalue weighted by Crippen LogP contribution is -2.27. The van der Waals surface area contributed by atoms with Crippen LogP contribution in [-0.4, -0.2) is 35.9 Å². The third-order valence-electron chi connectivity index (χ3n) is 6.28. The number of unbranched alkanes of at least 4 members (excludes halogenated alkanes) is 1. The van der Waals surface area contributed by atoms with Crippen LogP contribution in [0, 0.1) is 17.5 Å². The summed E-state index contributed by atoms with van der Waals surface area (Å²) < 4.78 is 70.9. The number of hydrogen-bond donors (Lipinski definition) is 0. The molecule has 5 nitrogen and oxygen atoms in total. The minimum Gasteiger partial charge on any atom is -0.316 e. The first-order valence-electron chi connectivity index (χ1n) is 11.5. The van der Waals surface area contributed by atoms with Gasteiger partial charge < -0.3 is 4.57 Å². The summed E-state index contributed by atoms with van der Waals surface area (Å²) in [6.07, 6.45) is 5.73. The molecule has 1 aromatic heterocycles. The van der Waals surface area contributed by atoms with Gasteiger partial charge in [-0.2, -0.15) is 0 Å². The van der Waals surface area contributed by atoms with E-state index >= 15 is 0 Å². The summed E-state index contributed by atoms with van der Waals surface area (Å²) in [5, 5.41) is 0.583. The SMILES string of the molecule is CCCCN(C)S(=O)(=O)c1ccc2c(c1)nc(SCc1cc(F)cc(F)c1F)n2C1CCCC1. The van der Waals surface area contributed by atoms with E-state index in [1.807, 2.05) is 6.92 Å². The Bertz CT molecular complexity index is 1290. The fourth-order valence-electron chi connectivity index (χ4n) is 4.37. The summed E-state index contributed by atoms with van der Waals surface area (Å²) in [5.74, 6) is -3.12. The van der Waals surface area contributed by atoms with Gasteiger partial charge in [0.25, 0.3) is 0 Å². The molecule has 0 N–H and O–H groups in total. The summed E-state index contributed by atoms with van der Waals surface area (Å²) in [6, 6.07) is 6.65. The maximum atomic E-state index is 14.2. The van der Waals surface area contributed by atoms with Gasteiger partial charge in [-0.05, 0) is 43.5 Å². The third-order valence-corrected chi connectivity index (χ3v) is 9.13. The van der Waals surface area contributed by atoms with Crippen LogP contribution in [0.15, 0.2) is 40.4 Å². The van der Waals surface area contributed by atoms with Gasteiger partial charge in [0.15, 0.2) is 16.8 Å². The minimum absolute atomic E-state index is 0.00145. The molecule has 2 aromatic carbocycles. The second-order valence-corrected chi connectivity index (χ2v) is 11.7. The van der Waals surface area contributed by atoms with Crippen molar-refractivity contribution in [1.29, 1.82) is 0 Å². The van der Waals surface area contributed by atoms with E-state index in [0.29, 0.717) is 23.3 Å². The van der Waals surface area contributed by atoms with Crippen LogP contribution in [0.5, 0.6) is 0 Å². The highest BCUT2D eigenvalue weighted by Crippen LogP contribution is 2.38. The normalized spacial score (nSPS) is 15.1. The number of thioether (sulfide) groups is 1. The molecule has 0 atom stereocenters.